The zero-order chi connectivity index (χ0) is 13.1. The Balaban J connectivity index is 2.15. The number of benzene rings is 1. The molecule has 1 aromatic carbocycles. The molecular formula is C13H16INO3. The number of rotatable bonds is 2. The van der Waals surface area contributed by atoms with Crippen molar-refractivity contribution >= 4 is 28.5 Å². The summed E-state index contributed by atoms with van der Waals surface area (Å²) in [4.78, 5) is 14.1. The molecule has 0 spiro atoms. The molecule has 18 heavy (non-hydrogen) atoms. The average Bonchev–Trinajstić information content (AvgIpc) is 2.38. The van der Waals surface area contributed by atoms with Gasteiger partial charge in [0, 0.05) is 16.7 Å². The fourth-order valence-electron chi connectivity index (χ4n) is 1.98. The molecule has 1 aliphatic rings. The Kier molecular flexibility index (Phi) is 4.58. The van der Waals surface area contributed by atoms with Crippen molar-refractivity contribution in [2.24, 2.45) is 0 Å². The molecular weight excluding hydrogens is 345 g/mol. The highest BCUT2D eigenvalue weighted by atomic mass is 127. The van der Waals surface area contributed by atoms with E-state index in [1.54, 1.807) is 4.90 Å². The van der Waals surface area contributed by atoms with Crippen LogP contribution in [0.15, 0.2) is 18.2 Å². The number of morpholine rings is 1. The summed E-state index contributed by atoms with van der Waals surface area (Å²) < 4.78 is 6.31. The first-order valence-electron chi connectivity index (χ1n) is 5.89. The lowest BCUT2D eigenvalue weighted by Gasteiger charge is -2.32. The zero-order valence-electron chi connectivity index (χ0n) is 10.2. The summed E-state index contributed by atoms with van der Waals surface area (Å²) in [6.07, 6.45) is -0.259. The van der Waals surface area contributed by atoms with Gasteiger partial charge in [0.1, 0.15) is 0 Å². The largest absolute Gasteiger partial charge is 0.394 e. The number of carbonyl (C=O) groups excluding carboxylic acids is 1. The van der Waals surface area contributed by atoms with Gasteiger partial charge in [-0.15, -0.1) is 0 Å². The van der Waals surface area contributed by atoms with Gasteiger partial charge in [-0.2, -0.15) is 0 Å². The number of carbonyl (C=O) groups is 1. The SMILES string of the molecule is Cc1ccc(C(=O)N2CCOC(CO)C2)c(I)c1. The Bertz CT molecular complexity index is 450. The van der Waals surface area contributed by atoms with Crippen LogP contribution in [0.2, 0.25) is 0 Å². The van der Waals surface area contributed by atoms with Crippen LogP contribution in [0.5, 0.6) is 0 Å². The summed E-state index contributed by atoms with van der Waals surface area (Å²) in [7, 11) is 0. The van der Waals surface area contributed by atoms with Gasteiger partial charge in [0.2, 0.25) is 0 Å². The van der Waals surface area contributed by atoms with E-state index < -0.39 is 0 Å². The van der Waals surface area contributed by atoms with Gasteiger partial charge in [0.25, 0.3) is 5.91 Å². The van der Waals surface area contributed by atoms with Crippen molar-refractivity contribution in [3.05, 3.63) is 32.9 Å². The quantitative estimate of drug-likeness (QED) is 0.811. The van der Waals surface area contributed by atoms with Crippen LogP contribution in [-0.2, 0) is 4.74 Å². The maximum absolute atomic E-state index is 12.4. The number of halogens is 1. The van der Waals surface area contributed by atoms with Crippen LogP contribution in [0, 0.1) is 10.5 Å². The smallest absolute Gasteiger partial charge is 0.255 e. The Morgan fingerprint density at radius 3 is 3.06 bits per heavy atom. The molecule has 4 nitrogen and oxygen atoms in total. The minimum atomic E-state index is -0.259. The van der Waals surface area contributed by atoms with Crippen molar-refractivity contribution < 1.29 is 14.6 Å². The standard InChI is InChI=1S/C13H16INO3/c1-9-2-3-11(12(14)6-9)13(17)15-4-5-18-10(7-15)8-16/h2-3,6,10,16H,4-5,7-8H2,1H3. The number of amides is 1. The second-order valence-electron chi connectivity index (χ2n) is 4.41. The van der Waals surface area contributed by atoms with Crippen molar-refractivity contribution in [1.82, 2.24) is 4.90 Å². The Morgan fingerprint density at radius 1 is 1.61 bits per heavy atom. The molecule has 1 unspecified atom stereocenters. The lowest BCUT2D eigenvalue weighted by atomic mass is 10.1. The maximum Gasteiger partial charge on any atom is 0.255 e. The molecule has 1 fully saturated rings. The third kappa shape index (κ3) is 3.02. The summed E-state index contributed by atoms with van der Waals surface area (Å²) in [6.45, 7) is 3.49. The van der Waals surface area contributed by atoms with Crippen LogP contribution in [0.4, 0.5) is 0 Å². The Morgan fingerprint density at radius 2 is 2.39 bits per heavy atom. The van der Waals surface area contributed by atoms with Gasteiger partial charge in [0.05, 0.1) is 24.9 Å². The van der Waals surface area contributed by atoms with Crippen molar-refractivity contribution in [1.29, 1.82) is 0 Å². The normalized spacial score (nSPS) is 19.9. The molecule has 1 amide bonds. The highest BCUT2D eigenvalue weighted by molar-refractivity contribution is 14.1. The van der Waals surface area contributed by atoms with E-state index in [0.29, 0.717) is 19.7 Å². The number of aliphatic hydroxyl groups excluding tert-OH is 1. The predicted molar refractivity (Wildman–Crippen MR) is 76.6 cm³/mol. The first-order valence-corrected chi connectivity index (χ1v) is 6.97. The fourth-order valence-corrected chi connectivity index (χ4v) is 2.88. The van der Waals surface area contributed by atoms with Crippen LogP contribution < -0.4 is 0 Å². The molecule has 1 aromatic rings. The summed E-state index contributed by atoms with van der Waals surface area (Å²) >= 11 is 2.18. The molecule has 1 saturated heterocycles. The van der Waals surface area contributed by atoms with Crippen molar-refractivity contribution in [3.63, 3.8) is 0 Å². The van der Waals surface area contributed by atoms with E-state index in [-0.39, 0.29) is 18.6 Å². The second kappa shape index (κ2) is 5.99. The van der Waals surface area contributed by atoms with Crippen LogP contribution in [0.1, 0.15) is 15.9 Å². The van der Waals surface area contributed by atoms with E-state index in [9.17, 15) is 4.79 Å². The first-order chi connectivity index (χ1) is 8.61. The monoisotopic (exact) mass is 361 g/mol. The van der Waals surface area contributed by atoms with E-state index in [1.807, 2.05) is 25.1 Å². The molecule has 0 aromatic heterocycles. The molecule has 98 valence electrons. The second-order valence-corrected chi connectivity index (χ2v) is 5.57. The fraction of sp³-hybridized carbons (Fsp3) is 0.462. The van der Waals surface area contributed by atoms with Crippen LogP contribution >= 0.6 is 22.6 Å². The van der Waals surface area contributed by atoms with Crippen molar-refractivity contribution in [2.75, 3.05) is 26.3 Å². The number of aryl methyl sites for hydroxylation is 1. The number of ether oxygens (including phenoxy) is 1. The first kappa shape index (κ1) is 13.8. The van der Waals surface area contributed by atoms with Gasteiger partial charge < -0.3 is 14.7 Å². The highest BCUT2D eigenvalue weighted by Gasteiger charge is 2.25. The highest BCUT2D eigenvalue weighted by Crippen LogP contribution is 2.18. The third-order valence-corrected chi connectivity index (χ3v) is 3.88. The number of aliphatic hydroxyl groups is 1. The van der Waals surface area contributed by atoms with Crippen LogP contribution in [0.3, 0.4) is 0 Å². The molecule has 5 heteroatoms. The molecule has 0 saturated carbocycles. The minimum Gasteiger partial charge on any atom is -0.394 e. The molecule has 1 N–H and O–H groups in total. The van der Waals surface area contributed by atoms with Gasteiger partial charge in [-0.3, -0.25) is 4.79 Å². The minimum absolute atomic E-state index is 0.0150. The molecule has 2 rings (SSSR count). The van der Waals surface area contributed by atoms with E-state index >= 15 is 0 Å². The molecule has 1 aliphatic heterocycles. The predicted octanol–water partition coefficient (Wildman–Crippen LogP) is 1.43. The molecule has 0 radical (unpaired) electrons. The summed E-state index contributed by atoms with van der Waals surface area (Å²) in [5.74, 6) is 0.0150. The van der Waals surface area contributed by atoms with E-state index in [2.05, 4.69) is 22.6 Å². The maximum atomic E-state index is 12.4. The van der Waals surface area contributed by atoms with E-state index in [4.69, 9.17) is 9.84 Å². The van der Waals surface area contributed by atoms with Crippen molar-refractivity contribution in [3.8, 4) is 0 Å². The number of hydrogen-bond acceptors (Lipinski definition) is 3. The van der Waals surface area contributed by atoms with E-state index in [1.165, 1.54) is 0 Å². The van der Waals surface area contributed by atoms with Crippen LogP contribution in [-0.4, -0.2) is 48.3 Å². The van der Waals surface area contributed by atoms with E-state index in [0.717, 1.165) is 14.7 Å². The van der Waals surface area contributed by atoms with Crippen LogP contribution in [0.25, 0.3) is 0 Å². The lowest BCUT2D eigenvalue weighted by Crippen LogP contribution is -2.47. The van der Waals surface area contributed by atoms with Gasteiger partial charge in [-0.05, 0) is 41.6 Å². The summed E-state index contributed by atoms with van der Waals surface area (Å²) in [6, 6.07) is 5.81. The summed E-state index contributed by atoms with van der Waals surface area (Å²) in [5, 5.41) is 9.09. The zero-order valence-corrected chi connectivity index (χ0v) is 12.4. The van der Waals surface area contributed by atoms with Gasteiger partial charge in [-0.1, -0.05) is 11.6 Å². The number of hydrogen-bond donors (Lipinski definition) is 1. The molecule has 0 aliphatic carbocycles. The molecule has 1 heterocycles. The topological polar surface area (TPSA) is 49.8 Å². The molecule has 0 bridgehead atoms. The summed E-state index contributed by atoms with van der Waals surface area (Å²) in [5.41, 5.74) is 1.87. The van der Waals surface area contributed by atoms with Gasteiger partial charge >= 0.3 is 0 Å². The average molecular weight is 361 g/mol. The molecule has 1 atom stereocenters. The Labute approximate surface area is 120 Å². The Hall–Kier alpha value is -0.660. The van der Waals surface area contributed by atoms with Gasteiger partial charge in [0.15, 0.2) is 0 Å². The van der Waals surface area contributed by atoms with Gasteiger partial charge in [-0.25, -0.2) is 0 Å². The van der Waals surface area contributed by atoms with Crippen molar-refractivity contribution in [2.45, 2.75) is 13.0 Å². The number of nitrogens with zero attached hydrogens (tertiary/aromatic N) is 1. The third-order valence-electron chi connectivity index (χ3n) is 2.98. The lowest BCUT2D eigenvalue weighted by molar-refractivity contribution is -0.0447.